The van der Waals surface area contributed by atoms with Gasteiger partial charge in [-0.2, -0.15) is 0 Å². The van der Waals surface area contributed by atoms with Gasteiger partial charge in [-0.15, -0.1) is 0 Å². The molecule has 5 rings (SSSR count). The Hall–Kier alpha value is -1.92. The maximum absolute atomic E-state index is 13.7. The summed E-state index contributed by atoms with van der Waals surface area (Å²) in [5, 5.41) is 4.32. The number of thiazole rings is 1. The number of anilines is 1. The highest BCUT2D eigenvalue weighted by Crippen LogP contribution is 2.44. The molecule has 2 aromatic rings. The molecule has 0 saturated heterocycles. The molecule has 3 aliphatic rings. The molecule has 1 N–H and O–H groups in total. The predicted molar refractivity (Wildman–Crippen MR) is 114 cm³/mol. The molecular formula is C22H24ClN3O2S. The Morgan fingerprint density at radius 3 is 2.59 bits per heavy atom. The van der Waals surface area contributed by atoms with Gasteiger partial charge in [0.2, 0.25) is 11.8 Å². The Labute approximate surface area is 179 Å². The molecular weight excluding hydrogens is 406 g/mol. The zero-order valence-corrected chi connectivity index (χ0v) is 17.8. The van der Waals surface area contributed by atoms with Gasteiger partial charge >= 0.3 is 0 Å². The van der Waals surface area contributed by atoms with Crippen LogP contribution in [0.2, 0.25) is 5.02 Å². The van der Waals surface area contributed by atoms with Crippen molar-refractivity contribution in [3.8, 4) is 0 Å². The monoisotopic (exact) mass is 429 g/mol. The van der Waals surface area contributed by atoms with Crippen LogP contribution in [0.1, 0.15) is 54.7 Å². The number of amides is 2. The Bertz CT molecular complexity index is 945. The molecule has 0 unspecified atom stereocenters. The molecule has 0 spiro atoms. The fourth-order valence-corrected chi connectivity index (χ4v) is 5.80. The van der Waals surface area contributed by atoms with Crippen LogP contribution in [0.5, 0.6) is 0 Å². The standard InChI is InChI=1S/C22H24ClN3O2S/c23-16-7-5-15(6-8-16)22(10-1-2-11-22)20(28)26-12-9-17-18(13-26)29-21(24-17)25-19(27)14-3-4-14/h5-8,14H,1-4,9-13H2,(H,24,25,27). The summed E-state index contributed by atoms with van der Waals surface area (Å²) in [5.41, 5.74) is 1.67. The van der Waals surface area contributed by atoms with Crippen LogP contribution in [0, 0.1) is 5.92 Å². The van der Waals surface area contributed by atoms with E-state index in [0.29, 0.717) is 23.2 Å². The van der Waals surface area contributed by atoms with Crippen LogP contribution in [-0.2, 0) is 28.0 Å². The molecule has 152 valence electrons. The average Bonchev–Trinajstić information content (AvgIpc) is 3.32. The molecule has 0 atom stereocenters. The SMILES string of the molecule is O=C(Nc1nc2c(s1)CN(C(=O)C1(c3ccc(Cl)cc3)CCCC1)CC2)C1CC1. The Kier molecular flexibility index (Phi) is 4.87. The third kappa shape index (κ3) is 3.57. The molecule has 2 aliphatic carbocycles. The van der Waals surface area contributed by atoms with Crippen molar-refractivity contribution in [1.82, 2.24) is 9.88 Å². The first-order valence-corrected chi connectivity index (χ1v) is 11.6. The normalized spacial score (nSPS) is 20.4. The van der Waals surface area contributed by atoms with Crippen molar-refractivity contribution in [2.45, 2.75) is 56.9 Å². The molecule has 1 aromatic heterocycles. The topological polar surface area (TPSA) is 62.3 Å². The van der Waals surface area contributed by atoms with Gasteiger partial charge in [-0.25, -0.2) is 4.98 Å². The van der Waals surface area contributed by atoms with Crippen LogP contribution >= 0.6 is 22.9 Å². The van der Waals surface area contributed by atoms with E-state index in [1.807, 2.05) is 29.2 Å². The van der Waals surface area contributed by atoms with Gasteiger partial charge in [-0.3, -0.25) is 9.59 Å². The van der Waals surface area contributed by atoms with Gasteiger partial charge in [-0.05, 0) is 43.4 Å². The van der Waals surface area contributed by atoms with Crippen LogP contribution in [0.15, 0.2) is 24.3 Å². The largest absolute Gasteiger partial charge is 0.336 e. The van der Waals surface area contributed by atoms with Gasteiger partial charge in [-0.1, -0.05) is 47.9 Å². The number of fused-ring (bicyclic) bond motifs is 1. The Morgan fingerprint density at radius 1 is 1.17 bits per heavy atom. The number of benzene rings is 1. The maximum atomic E-state index is 13.7. The number of halogens is 1. The number of nitrogens with one attached hydrogen (secondary N) is 1. The van der Waals surface area contributed by atoms with Crippen molar-refractivity contribution in [2.24, 2.45) is 5.92 Å². The van der Waals surface area contributed by atoms with Crippen molar-refractivity contribution < 1.29 is 9.59 Å². The molecule has 1 aliphatic heterocycles. The van der Waals surface area contributed by atoms with Crippen molar-refractivity contribution in [1.29, 1.82) is 0 Å². The summed E-state index contributed by atoms with van der Waals surface area (Å²) in [5.74, 6) is 0.465. The van der Waals surface area contributed by atoms with E-state index in [9.17, 15) is 9.59 Å². The highest BCUT2D eigenvalue weighted by Gasteiger charge is 2.45. The number of aromatic nitrogens is 1. The third-order valence-electron chi connectivity index (χ3n) is 6.46. The lowest BCUT2D eigenvalue weighted by Crippen LogP contribution is -2.47. The number of rotatable bonds is 4. The van der Waals surface area contributed by atoms with Crippen molar-refractivity contribution >= 4 is 39.9 Å². The Morgan fingerprint density at radius 2 is 1.90 bits per heavy atom. The number of carbonyl (C=O) groups excluding carboxylic acids is 2. The zero-order chi connectivity index (χ0) is 20.0. The van der Waals surface area contributed by atoms with E-state index in [1.54, 1.807) is 0 Å². The number of hydrogen-bond donors (Lipinski definition) is 1. The van der Waals surface area contributed by atoms with Gasteiger partial charge in [0, 0.05) is 28.8 Å². The van der Waals surface area contributed by atoms with Crippen molar-refractivity contribution in [3.05, 3.63) is 45.4 Å². The summed E-state index contributed by atoms with van der Waals surface area (Å²) in [6.45, 7) is 1.27. The summed E-state index contributed by atoms with van der Waals surface area (Å²) < 4.78 is 0. The molecule has 2 saturated carbocycles. The summed E-state index contributed by atoms with van der Waals surface area (Å²) in [6.07, 6.45) is 6.63. The summed E-state index contributed by atoms with van der Waals surface area (Å²) in [4.78, 5) is 33.4. The minimum Gasteiger partial charge on any atom is -0.336 e. The summed E-state index contributed by atoms with van der Waals surface area (Å²) in [7, 11) is 0. The number of nitrogens with zero attached hydrogens (tertiary/aromatic N) is 2. The molecule has 29 heavy (non-hydrogen) atoms. The Balaban J connectivity index is 1.36. The van der Waals surface area contributed by atoms with Crippen LogP contribution in [0.25, 0.3) is 0 Å². The van der Waals surface area contributed by atoms with E-state index in [1.165, 1.54) is 11.3 Å². The second kappa shape index (κ2) is 7.40. The quantitative estimate of drug-likeness (QED) is 0.775. The molecule has 2 fully saturated rings. The minimum absolute atomic E-state index is 0.0803. The van der Waals surface area contributed by atoms with Gasteiger partial charge in [0.1, 0.15) is 0 Å². The molecule has 1 aromatic carbocycles. The average molecular weight is 430 g/mol. The number of hydrogen-bond acceptors (Lipinski definition) is 4. The summed E-state index contributed by atoms with van der Waals surface area (Å²) in [6, 6.07) is 7.80. The van der Waals surface area contributed by atoms with E-state index in [2.05, 4.69) is 10.3 Å². The van der Waals surface area contributed by atoms with Crippen LogP contribution in [0.4, 0.5) is 5.13 Å². The van der Waals surface area contributed by atoms with Gasteiger partial charge < -0.3 is 10.2 Å². The maximum Gasteiger partial charge on any atom is 0.233 e. The second-order valence-electron chi connectivity index (χ2n) is 8.43. The lowest BCUT2D eigenvalue weighted by atomic mass is 9.77. The van der Waals surface area contributed by atoms with Crippen LogP contribution < -0.4 is 5.32 Å². The minimum atomic E-state index is -0.435. The first-order chi connectivity index (χ1) is 14.0. The van der Waals surface area contributed by atoms with Gasteiger partial charge in [0.05, 0.1) is 17.7 Å². The highest BCUT2D eigenvalue weighted by atomic mass is 35.5. The molecule has 0 radical (unpaired) electrons. The third-order valence-corrected chi connectivity index (χ3v) is 7.71. The molecule has 7 heteroatoms. The van der Waals surface area contributed by atoms with Gasteiger partial charge in [0.25, 0.3) is 0 Å². The zero-order valence-electron chi connectivity index (χ0n) is 16.2. The summed E-state index contributed by atoms with van der Waals surface area (Å²) >= 11 is 7.59. The second-order valence-corrected chi connectivity index (χ2v) is 9.95. The smallest absolute Gasteiger partial charge is 0.233 e. The van der Waals surface area contributed by atoms with Crippen molar-refractivity contribution in [2.75, 3.05) is 11.9 Å². The molecule has 0 bridgehead atoms. The fourth-order valence-electron chi connectivity index (χ4n) is 4.65. The van der Waals surface area contributed by atoms with E-state index >= 15 is 0 Å². The van der Waals surface area contributed by atoms with E-state index in [0.717, 1.165) is 61.1 Å². The van der Waals surface area contributed by atoms with E-state index in [4.69, 9.17) is 11.6 Å². The number of carbonyl (C=O) groups is 2. The first kappa shape index (κ1) is 19.1. The highest BCUT2D eigenvalue weighted by molar-refractivity contribution is 7.15. The lowest BCUT2D eigenvalue weighted by molar-refractivity contribution is -0.138. The first-order valence-electron chi connectivity index (χ1n) is 10.4. The predicted octanol–water partition coefficient (Wildman–Crippen LogP) is 4.54. The van der Waals surface area contributed by atoms with Crippen molar-refractivity contribution in [3.63, 3.8) is 0 Å². The van der Waals surface area contributed by atoms with E-state index in [-0.39, 0.29) is 17.7 Å². The lowest BCUT2D eigenvalue weighted by Gasteiger charge is -2.36. The van der Waals surface area contributed by atoms with Crippen LogP contribution in [-0.4, -0.2) is 28.2 Å². The molecule has 2 heterocycles. The van der Waals surface area contributed by atoms with Crippen LogP contribution in [0.3, 0.4) is 0 Å². The van der Waals surface area contributed by atoms with Gasteiger partial charge in [0.15, 0.2) is 5.13 Å². The molecule has 2 amide bonds. The molecule has 5 nitrogen and oxygen atoms in total. The van der Waals surface area contributed by atoms with E-state index < -0.39 is 5.41 Å². The fraction of sp³-hybridized carbons (Fsp3) is 0.500.